The predicted molar refractivity (Wildman–Crippen MR) is 79.8 cm³/mol. The summed E-state index contributed by atoms with van der Waals surface area (Å²) in [6, 6.07) is 6.11. The highest BCUT2D eigenvalue weighted by Crippen LogP contribution is 2.34. The largest absolute Gasteiger partial charge is 0.496 e. The molecule has 1 N–H and O–H groups in total. The first-order valence-corrected chi connectivity index (χ1v) is 7.07. The van der Waals surface area contributed by atoms with Crippen molar-refractivity contribution in [3.8, 4) is 11.5 Å². The molecule has 106 valence electrons. The Labute approximate surface area is 119 Å². The summed E-state index contributed by atoms with van der Waals surface area (Å²) in [7, 11) is 3.40. The molecule has 1 saturated heterocycles. The van der Waals surface area contributed by atoms with Crippen LogP contribution in [0.5, 0.6) is 11.5 Å². The molecule has 0 amide bonds. The van der Waals surface area contributed by atoms with Crippen LogP contribution < -0.4 is 19.4 Å². The number of ether oxygens (including phenoxy) is 2. The molecular formula is C16H21N2O2+. The van der Waals surface area contributed by atoms with Gasteiger partial charge in [0, 0.05) is 6.07 Å². The molecule has 0 saturated carbocycles. The Morgan fingerprint density at radius 2 is 1.70 bits per heavy atom. The number of anilines is 1. The van der Waals surface area contributed by atoms with Gasteiger partial charge in [0.1, 0.15) is 5.75 Å². The summed E-state index contributed by atoms with van der Waals surface area (Å²) in [6.07, 6.45) is 2.53. The van der Waals surface area contributed by atoms with E-state index in [1.54, 1.807) is 14.2 Å². The molecule has 1 aromatic carbocycles. The van der Waals surface area contributed by atoms with Crippen molar-refractivity contribution >= 4 is 16.7 Å². The third-order valence-corrected chi connectivity index (χ3v) is 4.02. The molecule has 2 aromatic rings. The van der Waals surface area contributed by atoms with Crippen LogP contribution in [-0.2, 0) is 0 Å². The number of nitrogens with one attached hydrogen (secondary N) is 1. The summed E-state index contributed by atoms with van der Waals surface area (Å²) in [5.41, 5.74) is 2.21. The van der Waals surface area contributed by atoms with E-state index in [2.05, 4.69) is 22.9 Å². The van der Waals surface area contributed by atoms with E-state index in [-0.39, 0.29) is 0 Å². The molecule has 0 unspecified atom stereocenters. The lowest BCUT2D eigenvalue weighted by Crippen LogP contribution is -2.26. The van der Waals surface area contributed by atoms with Gasteiger partial charge in [0.05, 0.1) is 32.7 Å². The number of rotatable bonds is 3. The number of hydrogen-bond acceptors (Lipinski definition) is 3. The minimum Gasteiger partial charge on any atom is -0.496 e. The molecule has 0 aliphatic carbocycles. The minimum atomic E-state index is 0.852. The summed E-state index contributed by atoms with van der Waals surface area (Å²) in [5.74, 6) is 2.89. The summed E-state index contributed by atoms with van der Waals surface area (Å²) >= 11 is 0. The van der Waals surface area contributed by atoms with Crippen LogP contribution in [-0.4, -0.2) is 27.3 Å². The Hall–Kier alpha value is -1.97. The first kappa shape index (κ1) is 13.0. The number of aryl methyl sites for hydroxylation is 1. The molecule has 3 rings (SSSR count). The lowest BCUT2D eigenvalue weighted by molar-refractivity contribution is -0.331. The highest BCUT2D eigenvalue weighted by molar-refractivity contribution is 5.91. The van der Waals surface area contributed by atoms with Gasteiger partial charge < -0.3 is 9.47 Å². The van der Waals surface area contributed by atoms with E-state index in [0.29, 0.717) is 0 Å². The van der Waals surface area contributed by atoms with Gasteiger partial charge in [0.25, 0.3) is 5.82 Å². The Kier molecular flexibility index (Phi) is 3.38. The molecule has 0 spiro atoms. The second kappa shape index (κ2) is 5.19. The smallest absolute Gasteiger partial charge is 0.275 e. The minimum absolute atomic E-state index is 0.852. The zero-order valence-electron chi connectivity index (χ0n) is 12.3. The molecule has 0 radical (unpaired) electrons. The number of pyridine rings is 1. The topological polar surface area (TPSA) is 35.8 Å². The Morgan fingerprint density at radius 3 is 2.35 bits per heavy atom. The van der Waals surface area contributed by atoms with Crippen LogP contribution in [0.3, 0.4) is 0 Å². The fourth-order valence-corrected chi connectivity index (χ4v) is 2.99. The summed E-state index contributed by atoms with van der Waals surface area (Å²) in [4.78, 5) is 5.92. The van der Waals surface area contributed by atoms with Gasteiger partial charge in [0.15, 0.2) is 11.3 Å². The molecule has 20 heavy (non-hydrogen) atoms. The number of aromatic amines is 1. The normalized spacial score (nSPS) is 14.8. The second-order valence-corrected chi connectivity index (χ2v) is 5.25. The van der Waals surface area contributed by atoms with E-state index in [4.69, 9.17) is 9.47 Å². The first-order valence-electron chi connectivity index (χ1n) is 7.07. The lowest BCUT2D eigenvalue weighted by atomic mass is 10.1. The van der Waals surface area contributed by atoms with Crippen molar-refractivity contribution < 1.29 is 14.5 Å². The van der Waals surface area contributed by atoms with Crippen LogP contribution in [0.25, 0.3) is 10.9 Å². The first-order chi connectivity index (χ1) is 9.74. The summed E-state index contributed by atoms with van der Waals surface area (Å²) < 4.78 is 11.0. The molecule has 1 aliphatic heterocycles. The third kappa shape index (κ3) is 2.05. The van der Waals surface area contributed by atoms with Crippen LogP contribution in [0.1, 0.15) is 18.4 Å². The zero-order chi connectivity index (χ0) is 14.1. The van der Waals surface area contributed by atoms with Crippen molar-refractivity contribution in [2.45, 2.75) is 19.8 Å². The van der Waals surface area contributed by atoms with E-state index in [9.17, 15) is 0 Å². The van der Waals surface area contributed by atoms with Crippen molar-refractivity contribution in [3.63, 3.8) is 0 Å². The average molecular weight is 273 g/mol. The molecule has 0 bridgehead atoms. The van der Waals surface area contributed by atoms with Crippen LogP contribution in [0.4, 0.5) is 5.82 Å². The Balaban J connectivity index is 2.23. The highest BCUT2D eigenvalue weighted by Gasteiger charge is 2.23. The number of benzene rings is 1. The second-order valence-electron chi connectivity index (χ2n) is 5.25. The molecule has 1 fully saturated rings. The van der Waals surface area contributed by atoms with Crippen LogP contribution in [0.2, 0.25) is 0 Å². The van der Waals surface area contributed by atoms with Crippen LogP contribution in [0.15, 0.2) is 18.2 Å². The van der Waals surface area contributed by atoms with E-state index in [0.717, 1.165) is 35.5 Å². The van der Waals surface area contributed by atoms with Gasteiger partial charge in [-0.3, -0.25) is 4.90 Å². The van der Waals surface area contributed by atoms with Gasteiger partial charge in [0.2, 0.25) is 0 Å². The molecule has 0 atom stereocenters. The standard InChI is InChI=1S/C16H20N2O2/c1-11-10-14(18-8-4-5-9-18)17-16-13(20-3)7-6-12(19-2)15(11)16/h6-7,10H,4-5,8-9H2,1-3H3/p+1. The highest BCUT2D eigenvalue weighted by atomic mass is 16.5. The van der Waals surface area contributed by atoms with Gasteiger partial charge in [-0.25, -0.2) is 4.98 Å². The lowest BCUT2D eigenvalue weighted by Gasteiger charge is -2.14. The fraction of sp³-hybridized carbons (Fsp3) is 0.438. The SMILES string of the molecule is COc1ccc(OC)c2c(C)cc(N3CCCC3)[nH+]c12. The number of methoxy groups -OCH3 is 2. The Morgan fingerprint density at radius 1 is 1.05 bits per heavy atom. The van der Waals surface area contributed by atoms with Gasteiger partial charge in [-0.15, -0.1) is 0 Å². The number of hydrogen-bond donors (Lipinski definition) is 0. The van der Waals surface area contributed by atoms with Crippen molar-refractivity contribution in [2.24, 2.45) is 0 Å². The van der Waals surface area contributed by atoms with E-state index >= 15 is 0 Å². The van der Waals surface area contributed by atoms with Crippen molar-refractivity contribution in [1.29, 1.82) is 0 Å². The fourth-order valence-electron chi connectivity index (χ4n) is 2.99. The quantitative estimate of drug-likeness (QED) is 0.862. The predicted octanol–water partition coefficient (Wildman–Crippen LogP) is 2.58. The summed E-state index contributed by atoms with van der Waals surface area (Å²) in [6.45, 7) is 4.36. The van der Waals surface area contributed by atoms with Crippen molar-refractivity contribution in [3.05, 3.63) is 23.8 Å². The Bertz CT molecular complexity index is 634. The number of nitrogens with zero attached hydrogens (tertiary/aromatic N) is 1. The van der Waals surface area contributed by atoms with E-state index in [1.165, 1.54) is 24.2 Å². The van der Waals surface area contributed by atoms with Crippen LogP contribution in [0, 0.1) is 6.92 Å². The van der Waals surface area contributed by atoms with Gasteiger partial charge in [-0.2, -0.15) is 0 Å². The number of H-pyrrole nitrogens is 1. The molecule has 1 aliphatic rings. The maximum Gasteiger partial charge on any atom is 0.275 e. The molecule has 4 heteroatoms. The van der Waals surface area contributed by atoms with Gasteiger partial charge >= 0.3 is 0 Å². The van der Waals surface area contributed by atoms with E-state index < -0.39 is 0 Å². The molecule has 2 heterocycles. The zero-order valence-corrected chi connectivity index (χ0v) is 12.3. The third-order valence-electron chi connectivity index (χ3n) is 4.02. The number of aromatic nitrogens is 1. The van der Waals surface area contributed by atoms with Gasteiger partial charge in [-0.05, 0) is 37.5 Å². The van der Waals surface area contributed by atoms with Crippen molar-refractivity contribution in [2.75, 3.05) is 32.2 Å². The van der Waals surface area contributed by atoms with E-state index in [1.807, 2.05) is 12.1 Å². The maximum absolute atomic E-state index is 5.49. The van der Waals surface area contributed by atoms with Crippen molar-refractivity contribution in [1.82, 2.24) is 0 Å². The molecule has 4 nitrogen and oxygen atoms in total. The summed E-state index contributed by atoms with van der Waals surface area (Å²) in [5, 5.41) is 1.09. The number of fused-ring (bicyclic) bond motifs is 1. The van der Waals surface area contributed by atoms with Gasteiger partial charge in [-0.1, -0.05) is 0 Å². The average Bonchev–Trinajstić information content (AvgIpc) is 3.00. The monoisotopic (exact) mass is 273 g/mol. The molecular weight excluding hydrogens is 252 g/mol. The molecule has 1 aromatic heterocycles. The van der Waals surface area contributed by atoms with Crippen LogP contribution >= 0.6 is 0 Å². The maximum atomic E-state index is 5.49.